The molecule has 0 bridgehead atoms. The summed E-state index contributed by atoms with van der Waals surface area (Å²) in [4.78, 5) is 12.0. The fourth-order valence-corrected chi connectivity index (χ4v) is 1.94. The lowest BCUT2D eigenvalue weighted by Gasteiger charge is -2.38. The van der Waals surface area contributed by atoms with E-state index in [0.29, 0.717) is 5.75 Å². The molecule has 2 N–H and O–H groups in total. The molecule has 0 radical (unpaired) electrons. The molecule has 0 aliphatic carbocycles. The fourth-order valence-electron chi connectivity index (χ4n) is 1.94. The number of halogens is 1. The number of anilines is 1. The minimum absolute atomic E-state index is 0.117. The van der Waals surface area contributed by atoms with E-state index in [0.717, 1.165) is 0 Å². The molecule has 0 aromatic heterocycles. The van der Waals surface area contributed by atoms with Crippen molar-refractivity contribution in [2.75, 3.05) is 5.73 Å². The van der Waals surface area contributed by atoms with Crippen molar-refractivity contribution in [3.8, 4) is 5.75 Å². The van der Waals surface area contributed by atoms with E-state index in [1.165, 1.54) is 12.1 Å². The van der Waals surface area contributed by atoms with E-state index in [4.69, 9.17) is 10.5 Å². The fraction of sp³-hybridized carbons (Fsp3) is 0.462. The van der Waals surface area contributed by atoms with Crippen LogP contribution in [0.3, 0.4) is 0 Å². The normalized spacial score (nSPS) is 23.5. The first-order valence-corrected chi connectivity index (χ1v) is 5.65. The molecule has 0 spiro atoms. The Balaban J connectivity index is 2.54. The van der Waals surface area contributed by atoms with Crippen LogP contribution in [0.2, 0.25) is 0 Å². The molecule has 2 rings (SSSR count). The lowest BCUT2D eigenvalue weighted by molar-refractivity contribution is 0.0217. The summed E-state index contributed by atoms with van der Waals surface area (Å²) < 4.78 is 19.0. The standard InChI is InChI=1S/C13H16FNO2/c1-7(2)13(3)6-11(16)9-4-8(14)5-10(15)12(9)17-13/h4-5,7H,6,15H2,1-3H3. The van der Waals surface area contributed by atoms with Gasteiger partial charge in [-0.15, -0.1) is 0 Å². The van der Waals surface area contributed by atoms with Crippen LogP contribution in [0.4, 0.5) is 10.1 Å². The topological polar surface area (TPSA) is 52.3 Å². The second-order valence-electron chi connectivity index (χ2n) is 5.04. The van der Waals surface area contributed by atoms with E-state index in [1.807, 2.05) is 20.8 Å². The second-order valence-corrected chi connectivity index (χ2v) is 5.04. The number of rotatable bonds is 1. The molecular weight excluding hydrogens is 221 g/mol. The van der Waals surface area contributed by atoms with Gasteiger partial charge in [-0.3, -0.25) is 4.79 Å². The number of carbonyl (C=O) groups is 1. The molecule has 0 amide bonds. The van der Waals surface area contributed by atoms with Crippen LogP contribution >= 0.6 is 0 Å². The molecule has 0 saturated heterocycles. The number of Topliss-reactive ketones (excluding diaryl/α,β-unsaturated/α-hetero) is 1. The minimum Gasteiger partial charge on any atom is -0.484 e. The van der Waals surface area contributed by atoms with E-state index < -0.39 is 11.4 Å². The van der Waals surface area contributed by atoms with Crippen LogP contribution in [0.15, 0.2) is 12.1 Å². The van der Waals surface area contributed by atoms with Gasteiger partial charge in [0.1, 0.15) is 11.4 Å². The maximum absolute atomic E-state index is 13.2. The average molecular weight is 237 g/mol. The molecule has 4 heteroatoms. The van der Waals surface area contributed by atoms with Crippen molar-refractivity contribution >= 4 is 11.5 Å². The summed E-state index contributed by atoms with van der Waals surface area (Å²) in [6.45, 7) is 5.84. The molecule has 0 saturated carbocycles. The van der Waals surface area contributed by atoms with Crippen LogP contribution in [0.5, 0.6) is 5.75 Å². The van der Waals surface area contributed by atoms with Gasteiger partial charge in [0, 0.05) is 6.07 Å². The second kappa shape index (κ2) is 3.72. The zero-order valence-corrected chi connectivity index (χ0v) is 10.2. The Labute approximate surface area is 99.8 Å². The Morgan fingerprint density at radius 2 is 2.12 bits per heavy atom. The molecule has 1 heterocycles. The van der Waals surface area contributed by atoms with Crippen LogP contribution in [0.1, 0.15) is 37.6 Å². The first kappa shape index (κ1) is 11.9. The predicted octanol–water partition coefficient (Wildman–Crippen LogP) is 2.79. The summed E-state index contributed by atoms with van der Waals surface area (Å²) in [6, 6.07) is 2.37. The molecule has 1 atom stereocenters. The quantitative estimate of drug-likeness (QED) is 0.764. The van der Waals surface area contributed by atoms with Gasteiger partial charge in [-0.1, -0.05) is 13.8 Å². The first-order chi connectivity index (χ1) is 7.83. The van der Waals surface area contributed by atoms with Crippen LogP contribution in [0.25, 0.3) is 0 Å². The first-order valence-electron chi connectivity index (χ1n) is 5.65. The lowest BCUT2D eigenvalue weighted by Crippen LogP contribution is -2.44. The Hall–Kier alpha value is -1.58. The van der Waals surface area contributed by atoms with Crippen molar-refractivity contribution in [2.24, 2.45) is 5.92 Å². The molecule has 1 unspecified atom stereocenters. The summed E-state index contributed by atoms with van der Waals surface area (Å²) in [6.07, 6.45) is 0.251. The average Bonchev–Trinajstić information content (AvgIpc) is 2.20. The van der Waals surface area contributed by atoms with Crippen LogP contribution in [-0.2, 0) is 0 Å². The van der Waals surface area contributed by atoms with Gasteiger partial charge in [-0.25, -0.2) is 4.39 Å². The van der Waals surface area contributed by atoms with Gasteiger partial charge in [0.05, 0.1) is 17.7 Å². The minimum atomic E-state index is -0.573. The van der Waals surface area contributed by atoms with Crippen LogP contribution < -0.4 is 10.5 Å². The van der Waals surface area contributed by atoms with Crippen molar-refractivity contribution in [3.63, 3.8) is 0 Å². The number of carbonyl (C=O) groups excluding carboxylic acids is 1. The lowest BCUT2D eigenvalue weighted by atomic mass is 9.83. The van der Waals surface area contributed by atoms with Crippen molar-refractivity contribution in [1.82, 2.24) is 0 Å². The molecule has 0 fully saturated rings. The molecule has 1 aliphatic heterocycles. The Morgan fingerprint density at radius 3 is 2.71 bits per heavy atom. The molecular formula is C13H16FNO2. The van der Waals surface area contributed by atoms with E-state index in [1.54, 1.807) is 0 Å². The number of nitrogens with two attached hydrogens (primary N) is 1. The van der Waals surface area contributed by atoms with E-state index >= 15 is 0 Å². The number of ether oxygens (including phenoxy) is 1. The smallest absolute Gasteiger partial charge is 0.170 e. The summed E-state index contributed by atoms with van der Waals surface area (Å²) in [5.41, 5.74) is 5.57. The van der Waals surface area contributed by atoms with Crippen LogP contribution in [-0.4, -0.2) is 11.4 Å². The summed E-state index contributed by atoms with van der Waals surface area (Å²) >= 11 is 0. The van der Waals surface area contributed by atoms with Crippen LogP contribution in [0, 0.1) is 11.7 Å². The van der Waals surface area contributed by atoms with Gasteiger partial charge < -0.3 is 10.5 Å². The number of hydrogen-bond donors (Lipinski definition) is 1. The van der Waals surface area contributed by atoms with Gasteiger partial charge >= 0.3 is 0 Å². The Bertz CT molecular complexity index is 485. The van der Waals surface area contributed by atoms with Gasteiger partial charge in [-0.05, 0) is 18.9 Å². The number of benzene rings is 1. The van der Waals surface area contributed by atoms with Crippen molar-refractivity contribution in [3.05, 3.63) is 23.5 Å². The molecule has 1 aromatic carbocycles. The van der Waals surface area contributed by atoms with Gasteiger partial charge in [0.25, 0.3) is 0 Å². The monoisotopic (exact) mass is 237 g/mol. The maximum atomic E-state index is 13.2. The van der Waals surface area contributed by atoms with Crippen molar-refractivity contribution < 1.29 is 13.9 Å². The zero-order valence-electron chi connectivity index (χ0n) is 10.2. The van der Waals surface area contributed by atoms with Gasteiger partial charge in [0.15, 0.2) is 11.5 Å². The third-order valence-electron chi connectivity index (χ3n) is 3.45. The number of nitrogen functional groups attached to an aromatic ring is 1. The zero-order chi connectivity index (χ0) is 12.8. The molecule has 3 nitrogen and oxygen atoms in total. The number of ketones is 1. The number of hydrogen-bond acceptors (Lipinski definition) is 3. The summed E-state index contributed by atoms with van der Waals surface area (Å²) in [5, 5.41) is 0. The molecule has 1 aromatic rings. The molecule has 92 valence electrons. The summed E-state index contributed by atoms with van der Waals surface area (Å²) in [7, 11) is 0. The SMILES string of the molecule is CC(C)C1(C)CC(=O)c2cc(F)cc(N)c2O1. The highest BCUT2D eigenvalue weighted by Gasteiger charge is 2.40. The van der Waals surface area contributed by atoms with Crippen molar-refractivity contribution in [1.29, 1.82) is 0 Å². The third kappa shape index (κ3) is 1.88. The number of fused-ring (bicyclic) bond motifs is 1. The molecule has 1 aliphatic rings. The Kier molecular flexibility index (Phi) is 2.60. The van der Waals surface area contributed by atoms with Crippen molar-refractivity contribution in [2.45, 2.75) is 32.8 Å². The van der Waals surface area contributed by atoms with E-state index in [-0.39, 0.29) is 29.4 Å². The highest BCUT2D eigenvalue weighted by atomic mass is 19.1. The summed E-state index contributed by atoms with van der Waals surface area (Å²) in [5.74, 6) is -0.136. The molecule has 17 heavy (non-hydrogen) atoms. The van der Waals surface area contributed by atoms with E-state index in [2.05, 4.69) is 0 Å². The predicted molar refractivity (Wildman–Crippen MR) is 63.6 cm³/mol. The van der Waals surface area contributed by atoms with E-state index in [9.17, 15) is 9.18 Å². The highest BCUT2D eigenvalue weighted by molar-refractivity contribution is 6.02. The van der Waals surface area contributed by atoms with Gasteiger partial charge in [0.2, 0.25) is 0 Å². The van der Waals surface area contributed by atoms with Gasteiger partial charge in [-0.2, -0.15) is 0 Å². The maximum Gasteiger partial charge on any atom is 0.170 e. The highest BCUT2D eigenvalue weighted by Crippen LogP contribution is 2.40. The largest absolute Gasteiger partial charge is 0.484 e. The third-order valence-corrected chi connectivity index (χ3v) is 3.45. The Morgan fingerprint density at radius 1 is 1.47 bits per heavy atom.